The van der Waals surface area contributed by atoms with Gasteiger partial charge in [0.25, 0.3) is 0 Å². The number of halogens is 2. The lowest BCUT2D eigenvalue weighted by Gasteiger charge is -2.18. The van der Waals surface area contributed by atoms with Crippen LogP contribution in [0.2, 0.25) is 0 Å². The van der Waals surface area contributed by atoms with Crippen LogP contribution in [0.4, 0.5) is 8.78 Å². The first-order chi connectivity index (χ1) is 10.3. The summed E-state index contributed by atoms with van der Waals surface area (Å²) in [6, 6.07) is 9.34. The van der Waals surface area contributed by atoms with E-state index in [9.17, 15) is 17.2 Å². The summed E-state index contributed by atoms with van der Waals surface area (Å²) in [5, 5.41) is 0. The van der Waals surface area contributed by atoms with Crippen LogP contribution in [-0.2, 0) is 10.0 Å². The van der Waals surface area contributed by atoms with Crippen LogP contribution in [0.15, 0.2) is 47.4 Å². The van der Waals surface area contributed by atoms with Crippen molar-refractivity contribution >= 4 is 10.0 Å². The van der Waals surface area contributed by atoms with E-state index in [-0.39, 0.29) is 0 Å². The Bertz CT molecular complexity index is 758. The fourth-order valence-corrected chi connectivity index (χ4v) is 3.50. The van der Waals surface area contributed by atoms with E-state index in [0.717, 1.165) is 23.3 Å². The molecule has 1 unspecified atom stereocenters. The van der Waals surface area contributed by atoms with Crippen LogP contribution in [0.1, 0.15) is 30.5 Å². The van der Waals surface area contributed by atoms with Crippen molar-refractivity contribution in [1.29, 1.82) is 0 Å². The zero-order valence-corrected chi connectivity index (χ0v) is 13.1. The molecule has 118 valence electrons. The van der Waals surface area contributed by atoms with Gasteiger partial charge in [-0.25, -0.2) is 21.9 Å². The SMILES string of the molecule is CCC(NS(=O)(=O)c1ccc(F)cc1F)c1ccc(C)cc1. The van der Waals surface area contributed by atoms with Gasteiger partial charge in [-0.15, -0.1) is 0 Å². The summed E-state index contributed by atoms with van der Waals surface area (Å²) in [6.07, 6.45) is 0.505. The van der Waals surface area contributed by atoms with Gasteiger partial charge in [0.05, 0.1) is 0 Å². The summed E-state index contributed by atoms with van der Waals surface area (Å²) >= 11 is 0. The lowest BCUT2D eigenvalue weighted by atomic mass is 10.0. The van der Waals surface area contributed by atoms with Gasteiger partial charge >= 0.3 is 0 Å². The maximum Gasteiger partial charge on any atom is 0.244 e. The van der Waals surface area contributed by atoms with E-state index in [1.807, 2.05) is 38.1 Å². The lowest BCUT2D eigenvalue weighted by molar-refractivity contribution is 0.528. The molecule has 0 saturated heterocycles. The molecule has 2 aromatic rings. The molecular formula is C16H17F2NO2S. The van der Waals surface area contributed by atoms with E-state index in [4.69, 9.17) is 0 Å². The largest absolute Gasteiger partial charge is 0.244 e. The molecule has 0 radical (unpaired) electrons. The Morgan fingerprint density at radius 3 is 2.27 bits per heavy atom. The first-order valence-electron chi connectivity index (χ1n) is 6.87. The van der Waals surface area contributed by atoms with Gasteiger partial charge in [-0.2, -0.15) is 0 Å². The van der Waals surface area contributed by atoms with Crippen LogP contribution in [-0.4, -0.2) is 8.42 Å². The van der Waals surface area contributed by atoms with Crippen LogP contribution in [0.25, 0.3) is 0 Å². The van der Waals surface area contributed by atoms with Crippen molar-refractivity contribution in [2.45, 2.75) is 31.2 Å². The zero-order valence-electron chi connectivity index (χ0n) is 12.3. The molecule has 0 spiro atoms. The average molecular weight is 325 g/mol. The third-order valence-corrected chi connectivity index (χ3v) is 4.87. The number of benzene rings is 2. The molecular weight excluding hydrogens is 308 g/mol. The number of nitrogens with one attached hydrogen (secondary N) is 1. The minimum absolute atomic E-state index is 0.477. The molecule has 0 aliphatic carbocycles. The van der Waals surface area contributed by atoms with Gasteiger partial charge < -0.3 is 0 Å². The molecule has 0 aliphatic rings. The van der Waals surface area contributed by atoms with Crippen molar-refractivity contribution in [2.75, 3.05) is 0 Å². The predicted octanol–water partition coefficient (Wildman–Crippen LogP) is 3.70. The summed E-state index contributed by atoms with van der Waals surface area (Å²) in [7, 11) is -4.07. The van der Waals surface area contributed by atoms with Gasteiger partial charge in [0.15, 0.2) is 0 Å². The third kappa shape index (κ3) is 3.69. The summed E-state index contributed by atoms with van der Waals surface area (Å²) in [4.78, 5) is -0.556. The zero-order chi connectivity index (χ0) is 16.3. The Labute approximate surface area is 129 Å². The number of hydrogen-bond donors (Lipinski definition) is 1. The summed E-state index contributed by atoms with van der Waals surface area (Å²) < 4.78 is 53.7. The molecule has 0 heterocycles. The van der Waals surface area contributed by atoms with Crippen LogP contribution in [0, 0.1) is 18.6 Å². The molecule has 1 N–H and O–H groups in total. The van der Waals surface area contributed by atoms with Gasteiger partial charge in [0.1, 0.15) is 16.5 Å². The maximum absolute atomic E-state index is 13.7. The third-order valence-electron chi connectivity index (χ3n) is 3.37. The van der Waals surface area contributed by atoms with Crippen LogP contribution in [0.3, 0.4) is 0 Å². The second-order valence-corrected chi connectivity index (χ2v) is 6.75. The minimum atomic E-state index is -4.07. The number of sulfonamides is 1. The molecule has 0 aliphatic heterocycles. The fraction of sp³-hybridized carbons (Fsp3) is 0.250. The van der Waals surface area contributed by atoms with E-state index < -0.39 is 32.6 Å². The van der Waals surface area contributed by atoms with Crippen LogP contribution >= 0.6 is 0 Å². The Balaban J connectivity index is 2.31. The molecule has 6 heteroatoms. The minimum Gasteiger partial charge on any atom is -0.207 e. The smallest absolute Gasteiger partial charge is 0.207 e. The molecule has 0 amide bonds. The van der Waals surface area contributed by atoms with Crippen molar-refractivity contribution in [1.82, 2.24) is 4.72 Å². The van der Waals surface area contributed by atoms with Gasteiger partial charge in [0.2, 0.25) is 10.0 Å². The topological polar surface area (TPSA) is 46.2 Å². The van der Waals surface area contributed by atoms with Crippen molar-refractivity contribution in [3.63, 3.8) is 0 Å². The van der Waals surface area contributed by atoms with E-state index in [1.165, 1.54) is 0 Å². The van der Waals surface area contributed by atoms with E-state index >= 15 is 0 Å². The second-order valence-electron chi connectivity index (χ2n) is 5.07. The van der Waals surface area contributed by atoms with Gasteiger partial charge in [-0.3, -0.25) is 0 Å². The van der Waals surface area contributed by atoms with E-state index in [0.29, 0.717) is 12.5 Å². The highest BCUT2D eigenvalue weighted by atomic mass is 32.2. The molecule has 3 nitrogen and oxygen atoms in total. The number of hydrogen-bond acceptors (Lipinski definition) is 2. The molecule has 0 saturated carbocycles. The normalized spacial score (nSPS) is 13.1. The predicted molar refractivity (Wildman–Crippen MR) is 80.9 cm³/mol. The maximum atomic E-state index is 13.7. The Hall–Kier alpha value is -1.79. The molecule has 2 rings (SSSR count). The van der Waals surface area contributed by atoms with Crippen molar-refractivity contribution in [3.8, 4) is 0 Å². The van der Waals surface area contributed by atoms with E-state index in [1.54, 1.807) is 0 Å². The molecule has 0 aromatic heterocycles. The first kappa shape index (κ1) is 16.6. The van der Waals surface area contributed by atoms with E-state index in [2.05, 4.69) is 4.72 Å². The van der Waals surface area contributed by atoms with Crippen molar-refractivity contribution in [3.05, 3.63) is 65.2 Å². The number of rotatable bonds is 5. The highest BCUT2D eigenvalue weighted by Gasteiger charge is 2.23. The summed E-state index contributed by atoms with van der Waals surface area (Å²) in [6.45, 7) is 3.76. The monoisotopic (exact) mass is 325 g/mol. The first-order valence-corrected chi connectivity index (χ1v) is 8.35. The van der Waals surface area contributed by atoms with Gasteiger partial charge in [-0.05, 0) is 31.0 Å². The molecule has 1 atom stereocenters. The Morgan fingerprint density at radius 2 is 1.73 bits per heavy atom. The lowest BCUT2D eigenvalue weighted by Crippen LogP contribution is -2.29. The van der Waals surface area contributed by atoms with Crippen molar-refractivity contribution < 1.29 is 17.2 Å². The highest BCUT2D eigenvalue weighted by molar-refractivity contribution is 7.89. The van der Waals surface area contributed by atoms with Crippen molar-refractivity contribution in [2.24, 2.45) is 0 Å². The molecule has 0 bridgehead atoms. The summed E-state index contributed by atoms with van der Waals surface area (Å²) in [5.74, 6) is -1.92. The number of aryl methyl sites for hydroxylation is 1. The fourth-order valence-electron chi connectivity index (χ4n) is 2.13. The highest BCUT2D eigenvalue weighted by Crippen LogP contribution is 2.22. The summed E-state index contributed by atoms with van der Waals surface area (Å²) in [5.41, 5.74) is 1.85. The average Bonchev–Trinajstić information content (AvgIpc) is 2.45. The second kappa shape index (κ2) is 6.54. The Morgan fingerprint density at radius 1 is 1.09 bits per heavy atom. The molecule has 22 heavy (non-hydrogen) atoms. The standard InChI is InChI=1S/C16H17F2NO2S/c1-3-15(12-6-4-11(2)5-7-12)19-22(20,21)16-9-8-13(17)10-14(16)18/h4-10,15,19H,3H2,1-2H3. The van der Waals surface area contributed by atoms with Gasteiger partial charge in [-0.1, -0.05) is 36.8 Å². The van der Waals surface area contributed by atoms with Crippen LogP contribution < -0.4 is 4.72 Å². The van der Waals surface area contributed by atoms with Gasteiger partial charge in [0, 0.05) is 12.1 Å². The quantitative estimate of drug-likeness (QED) is 0.911. The Kier molecular flexibility index (Phi) is 4.93. The van der Waals surface area contributed by atoms with Crippen LogP contribution in [0.5, 0.6) is 0 Å². The molecule has 2 aromatic carbocycles. The molecule has 0 fully saturated rings.